The van der Waals surface area contributed by atoms with E-state index in [1.54, 1.807) is 0 Å². The summed E-state index contributed by atoms with van der Waals surface area (Å²) >= 11 is 0. The van der Waals surface area contributed by atoms with Gasteiger partial charge in [0.25, 0.3) is 5.82 Å². The number of hydrogen-bond donors (Lipinski definition) is 2. The van der Waals surface area contributed by atoms with Crippen molar-refractivity contribution in [2.24, 2.45) is 11.1 Å². The first-order valence-electron chi connectivity index (χ1n) is 4.62. The molecule has 0 aliphatic heterocycles. The van der Waals surface area contributed by atoms with Gasteiger partial charge in [-0.2, -0.15) is 4.98 Å². The molecule has 1 rings (SSSR count). The molecule has 1 aromatic heterocycles. The number of nitrogens with zero attached hydrogens (tertiary/aromatic N) is 2. The van der Waals surface area contributed by atoms with Crippen LogP contribution in [0.2, 0.25) is 0 Å². The topological polar surface area (TPSA) is 102 Å². The van der Waals surface area contributed by atoms with Gasteiger partial charge in [0.05, 0.1) is 0 Å². The zero-order chi connectivity index (χ0) is 11.6. The van der Waals surface area contributed by atoms with Crippen LogP contribution in [0, 0.1) is 5.41 Å². The summed E-state index contributed by atoms with van der Waals surface area (Å²) in [5, 5.41) is 11.9. The normalized spacial score (nSPS) is 13.9. The lowest BCUT2D eigenvalue weighted by molar-refractivity contribution is 0.0680. The van der Waals surface area contributed by atoms with E-state index >= 15 is 0 Å². The van der Waals surface area contributed by atoms with E-state index in [9.17, 15) is 4.79 Å². The largest absolute Gasteiger partial charge is 0.475 e. The van der Waals surface area contributed by atoms with E-state index in [2.05, 4.69) is 10.1 Å². The van der Waals surface area contributed by atoms with Crippen molar-refractivity contribution in [3.05, 3.63) is 11.7 Å². The highest BCUT2D eigenvalue weighted by Crippen LogP contribution is 2.19. The molecule has 6 nitrogen and oxygen atoms in total. The molecule has 1 heterocycles. The van der Waals surface area contributed by atoms with Crippen LogP contribution in [-0.4, -0.2) is 27.3 Å². The van der Waals surface area contributed by atoms with Gasteiger partial charge in [-0.25, -0.2) is 4.79 Å². The summed E-state index contributed by atoms with van der Waals surface area (Å²) in [4.78, 5) is 14.2. The van der Waals surface area contributed by atoms with Crippen LogP contribution < -0.4 is 5.73 Å². The van der Waals surface area contributed by atoms with Crippen LogP contribution in [-0.2, 0) is 6.42 Å². The van der Waals surface area contributed by atoms with E-state index < -0.39 is 5.97 Å². The minimum atomic E-state index is -1.20. The molecular weight excluding hydrogens is 198 g/mol. The molecule has 6 heteroatoms. The third-order valence-corrected chi connectivity index (χ3v) is 2.17. The zero-order valence-electron chi connectivity index (χ0n) is 9.02. The van der Waals surface area contributed by atoms with Gasteiger partial charge in [-0.1, -0.05) is 20.8 Å². The van der Waals surface area contributed by atoms with Crippen LogP contribution in [0.15, 0.2) is 4.52 Å². The monoisotopic (exact) mass is 213 g/mol. The highest BCUT2D eigenvalue weighted by molar-refractivity contribution is 5.82. The maximum atomic E-state index is 10.5. The number of carbonyl (C=O) groups is 1. The first kappa shape index (κ1) is 11.6. The van der Waals surface area contributed by atoms with Gasteiger partial charge in [0, 0.05) is 12.5 Å². The molecule has 15 heavy (non-hydrogen) atoms. The Labute approximate surface area is 87.5 Å². The Morgan fingerprint density at radius 2 is 2.20 bits per heavy atom. The van der Waals surface area contributed by atoms with Gasteiger partial charge in [-0.15, -0.1) is 0 Å². The minimum absolute atomic E-state index is 0.0855. The van der Waals surface area contributed by atoms with Crippen LogP contribution in [0.3, 0.4) is 0 Å². The average molecular weight is 213 g/mol. The summed E-state index contributed by atoms with van der Waals surface area (Å²) in [6.45, 7) is 5.98. The van der Waals surface area contributed by atoms with Gasteiger partial charge in [-0.3, -0.25) is 0 Å². The van der Waals surface area contributed by atoms with E-state index in [1.807, 2.05) is 20.8 Å². The molecule has 0 aromatic carbocycles. The minimum Gasteiger partial charge on any atom is -0.475 e. The number of hydrogen-bond acceptors (Lipinski definition) is 5. The number of carboxylic acid groups (broad SMARTS) is 1. The summed E-state index contributed by atoms with van der Waals surface area (Å²) in [5.74, 6) is -1.27. The average Bonchev–Trinajstić information content (AvgIpc) is 2.50. The van der Waals surface area contributed by atoms with Crippen molar-refractivity contribution in [2.75, 3.05) is 0 Å². The lowest BCUT2D eigenvalue weighted by Crippen LogP contribution is -2.37. The molecule has 0 radical (unpaired) electrons. The standard InChI is InChI=1S/C9H15N3O3/c1-9(2,3)5(10)4-6-11-7(8(13)14)12-15-6/h5H,4,10H2,1-3H3,(H,13,14). The van der Waals surface area contributed by atoms with Crippen molar-refractivity contribution in [1.29, 1.82) is 0 Å². The Morgan fingerprint density at radius 1 is 1.60 bits per heavy atom. The van der Waals surface area contributed by atoms with Crippen LogP contribution in [0.4, 0.5) is 0 Å². The Kier molecular flexibility index (Phi) is 3.09. The molecule has 1 atom stereocenters. The Morgan fingerprint density at radius 3 is 2.60 bits per heavy atom. The lowest BCUT2D eigenvalue weighted by atomic mass is 9.85. The van der Waals surface area contributed by atoms with E-state index in [0.29, 0.717) is 6.42 Å². The van der Waals surface area contributed by atoms with Gasteiger partial charge in [0.2, 0.25) is 5.89 Å². The van der Waals surface area contributed by atoms with Gasteiger partial charge >= 0.3 is 5.97 Å². The second-order valence-corrected chi connectivity index (χ2v) is 4.49. The maximum absolute atomic E-state index is 10.5. The summed E-state index contributed by atoms with van der Waals surface area (Å²) in [7, 11) is 0. The predicted molar refractivity (Wildman–Crippen MR) is 52.4 cm³/mol. The highest BCUT2D eigenvalue weighted by atomic mass is 16.5. The summed E-state index contributed by atoms with van der Waals surface area (Å²) in [5.41, 5.74) is 5.81. The SMILES string of the molecule is CC(C)(C)C(N)Cc1nc(C(=O)O)no1. The molecule has 0 spiro atoms. The quantitative estimate of drug-likeness (QED) is 0.765. The van der Waals surface area contributed by atoms with Crippen molar-refractivity contribution in [2.45, 2.75) is 33.2 Å². The fourth-order valence-corrected chi connectivity index (χ4v) is 0.919. The first-order chi connectivity index (χ1) is 6.80. The predicted octanol–water partition coefficient (Wildman–Crippen LogP) is 0.684. The number of nitrogens with two attached hydrogens (primary N) is 1. The van der Waals surface area contributed by atoms with E-state index in [-0.39, 0.29) is 23.2 Å². The fourth-order valence-electron chi connectivity index (χ4n) is 0.919. The molecule has 0 amide bonds. The summed E-state index contributed by atoms with van der Waals surface area (Å²) < 4.78 is 4.77. The van der Waals surface area contributed by atoms with E-state index in [4.69, 9.17) is 15.4 Å². The van der Waals surface area contributed by atoms with Crippen molar-refractivity contribution >= 4 is 5.97 Å². The molecule has 0 aliphatic carbocycles. The molecule has 1 unspecified atom stereocenters. The van der Waals surface area contributed by atoms with Crippen molar-refractivity contribution in [3.63, 3.8) is 0 Å². The molecule has 3 N–H and O–H groups in total. The van der Waals surface area contributed by atoms with E-state index in [0.717, 1.165) is 0 Å². The lowest BCUT2D eigenvalue weighted by Gasteiger charge is -2.25. The second-order valence-electron chi connectivity index (χ2n) is 4.49. The summed E-state index contributed by atoms with van der Waals surface area (Å²) in [6.07, 6.45) is 0.379. The molecule has 0 aliphatic rings. The van der Waals surface area contributed by atoms with Gasteiger partial charge in [0.15, 0.2) is 0 Å². The number of carboxylic acids is 1. The maximum Gasteiger partial charge on any atom is 0.377 e. The number of aromatic nitrogens is 2. The van der Waals surface area contributed by atoms with Crippen LogP contribution in [0.1, 0.15) is 37.3 Å². The molecule has 1 aromatic rings. The number of aromatic carboxylic acids is 1. The Hall–Kier alpha value is -1.43. The number of rotatable bonds is 3. The third-order valence-electron chi connectivity index (χ3n) is 2.17. The van der Waals surface area contributed by atoms with Crippen LogP contribution >= 0.6 is 0 Å². The second kappa shape index (κ2) is 3.98. The van der Waals surface area contributed by atoms with Gasteiger partial charge in [0.1, 0.15) is 0 Å². The molecule has 0 saturated carbocycles. The molecular formula is C9H15N3O3. The zero-order valence-corrected chi connectivity index (χ0v) is 9.02. The van der Waals surface area contributed by atoms with E-state index in [1.165, 1.54) is 0 Å². The van der Waals surface area contributed by atoms with Crippen LogP contribution in [0.25, 0.3) is 0 Å². The smallest absolute Gasteiger partial charge is 0.377 e. The van der Waals surface area contributed by atoms with Crippen LogP contribution in [0.5, 0.6) is 0 Å². The van der Waals surface area contributed by atoms with Gasteiger partial charge in [-0.05, 0) is 10.6 Å². The van der Waals surface area contributed by atoms with Gasteiger partial charge < -0.3 is 15.4 Å². The third kappa shape index (κ3) is 3.02. The Bertz CT molecular complexity index is 354. The molecule has 0 fully saturated rings. The summed E-state index contributed by atoms with van der Waals surface area (Å²) in [6, 6.07) is -0.153. The first-order valence-corrected chi connectivity index (χ1v) is 4.62. The molecule has 0 bridgehead atoms. The highest BCUT2D eigenvalue weighted by Gasteiger charge is 2.24. The molecule has 84 valence electrons. The fraction of sp³-hybridized carbons (Fsp3) is 0.667. The van der Waals surface area contributed by atoms with Crippen molar-refractivity contribution in [3.8, 4) is 0 Å². The Balaban J connectivity index is 2.69. The van der Waals surface area contributed by atoms with Crippen molar-refractivity contribution in [1.82, 2.24) is 10.1 Å². The van der Waals surface area contributed by atoms with Crippen molar-refractivity contribution < 1.29 is 14.4 Å². The molecule has 0 saturated heterocycles.